The molecule has 128 valence electrons. The van der Waals surface area contributed by atoms with Crippen LogP contribution in [0.1, 0.15) is 11.7 Å². The Balaban J connectivity index is 2.05. The van der Waals surface area contributed by atoms with Crippen LogP contribution in [0.2, 0.25) is 5.02 Å². The number of nitrogens with zero attached hydrogens (tertiary/aromatic N) is 1. The zero-order valence-electron chi connectivity index (χ0n) is 14.2. The van der Waals surface area contributed by atoms with E-state index in [-0.39, 0.29) is 5.91 Å². The summed E-state index contributed by atoms with van der Waals surface area (Å²) in [4.78, 5) is 15.7. The van der Waals surface area contributed by atoms with Gasteiger partial charge in [0, 0.05) is 35.6 Å². The summed E-state index contributed by atoms with van der Waals surface area (Å²) < 4.78 is 1.65. The Bertz CT molecular complexity index is 1120. The summed E-state index contributed by atoms with van der Waals surface area (Å²) in [5.74, 6) is -0.0659. The van der Waals surface area contributed by atoms with Gasteiger partial charge >= 0.3 is 0 Å². The number of nitrogens with one attached hydrogen (secondary N) is 1. The first-order valence-corrected chi connectivity index (χ1v) is 8.73. The maximum Gasteiger partial charge on any atom is 0.227 e. The molecule has 2 aliphatic heterocycles. The summed E-state index contributed by atoms with van der Waals surface area (Å²) in [5.41, 5.74) is 4.83. The molecule has 0 bridgehead atoms. The summed E-state index contributed by atoms with van der Waals surface area (Å²) in [6.45, 7) is 1.55. The SMILES string of the molecule is CC(=O)n1cc2cc(-c3ccccc3)[nH]cc-2ccc2ccc(Cl)cc21. The molecule has 0 aliphatic carbocycles. The van der Waals surface area contributed by atoms with E-state index >= 15 is 0 Å². The normalized spacial score (nSPS) is 10.8. The van der Waals surface area contributed by atoms with Gasteiger partial charge in [-0.25, -0.2) is 0 Å². The van der Waals surface area contributed by atoms with E-state index in [1.165, 1.54) is 0 Å². The van der Waals surface area contributed by atoms with E-state index in [0.29, 0.717) is 5.02 Å². The molecule has 2 aromatic carbocycles. The van der Waals surface area contributed by atoms with Crippen molar-refractivity contribution in [2.24, 2.45) is 0 Å². The molecule has 0 saturated carbocycles. The lowest BCUT2D eigenvalue weighted by molar-refractivity contribution is 0.0941. The van der Waals surface area contributed by atoms with Crippen molar-refractivity contribution in [1.29, 1.82) is 0 Å². The Hall–Kier alpha value is -3.04. The number of benzene rings is 2. The van der Waals surface area contributed by atoms with Crippen molar-refractivity contribution < 1.29 is 4.79 Å². The Labute approximate surface area is 156 Å². The molecule has 0 atom stereocenters. The number of hydrogen-bond donors (Lipinski definition) is 1. The first kappa shape index (κ1) is 16.4. The largest absolute Gasteiger partial charge is 0.361 e. The van der Waals surface area contributed by atoms with Crippen molar-refractivity contribution in [2.45, 2.75) is 6.92 Å². The van der Waals surface area contributed by atoms with Crippen LogP contribution in [-0.2, 0) is 0 Å². The van der Waals surface area contributed by atoms with E-state index in [1.807, 2.05) is 60.9 Å². The number of aromatic amines is 1. The van der Waals surface area contributed by atoms with E-state index in [4.69, 9.17) is 11.6 Å². The van der Waals surface area contributed by atoms with E-state index in [2.05, 4.69) is 23.2 Å². The monoisotopic (exact) mass is 360 g/mol. The fourth-order valence-corrected chi connectivity index (χ4v) is 3.24. The summed E-state index contributed by atoms with van der Waals surface area (Å²) in [6.07, 6.45) is 3.83. The topological polar surface area (TPSA) is 37.8 Å². The number of fused-ring (bicyclic) bond motifs is 2. The Morgan fingerprint density at radius 1 is 0.923 bits per heavy atom. The predicted molar refractivity (Wildman–Crippen MR) is 107 cm³/mol. The van der Waals surface area contributed by atoms with Crippen LogP contribution in [0.3, 0.4) is 0 Å². The molecular formula is C22H17ClN2O. The molecule has 0 spiro atoms. The molecular weight excluding hydrogens is 344 g/mol. The van der Waals surface area contributed by atoms with Gasteiger partial charge in [-0.1, -0.05) is 60.1 Å². The standard InChI is InChI=1S/C22H17ClN2O/c1-15(26)25-14-19-11-21(16-5-3-2-4-6-16)24-13-18(19)8-7-17-9-10-20(23)12-22(17)25/h2-14,24H,1H3. The number of hydrogen-bond acceptors (Lipinski definition) is 1. The molecule has 2 aliphatic rings. The maximum atomic E-state index is 12.3. The predicted octanol–water partition coefficient (Wildman–Crippen LogP) is 6.18. The van der Waals surface area contributed by atoms with Gasteiger partial charge in [-0.05, 0) is 34.7 Å². The first-order valence-electron chi connectivity index (χ1n) is 8.35. The smallest absolute Gasteiger partial charge is 0.227 e. The highest BCUT2D eigenvalue weighted by Crippen LogP contribution is 2.27. The minimum Gasteiger partial charge on any atom is -0.361 e. The van der Waals surface area contributed by atoms with Gasteiger partial charge < -0.3 is 4.98 Å². The fourth-order valence-electron chi connectivity index (χ4n) is 3.07. The van der Waals surface area contributed by atoms with Crippen LogP contribution in [0.5, 0.6) is 0 Å². The van der Waals surface area contributed by atoms with Gasteiger partial charge in [-0.3, -0.25) is 9.36 Å². The van der Waals surface area contributed by atoms with Gasteiger partial charge in [0.15, 0.2) is 0 Å². The van der Waals surface area contributed by atoms with E-state index in [9.17, 15) is 4.79 Å². The third kappa shape index (κ3) is 3.09. The zero-order valence-corrected chi connectivity index (χ0v) is 15.0. The van der Waals surface area contributed by atoms with Gasteiger partial charge in [-0.2, -0.15) is 0 Å². The molecule has 0 aromatic heterocycles. The second-order valence-corrected chi connectivity index (χ2v) is 6.61. The van der Waals surface area contributed by atoms with Gasteiger partial charge in [0.1, 0.15) is 0 Å². The van der Waals surface area contributed by atoms with Crippen LogP contribution < -0.4 is 0 Å². The molecule has 0 saturated heterocycles. The van der Waals surface area contributed by atoms with Gasteiger partial charge in [-0.15, -0.1) is 0 Å². The van der Waals surface area contributed by atoms with E-state index in [1.54, 1.807) is 11.5 Å². The third-order valence-electron chi connectivity index (χ3n) is 4.40. The zero-order chi connectivity index (χ0) is 18.1. The van der Waals surface area contributed by atoms with Crippen molar-refractivity contribution >= 4 is 28.4 Å². The first-order chi connectivity index (χ1) is 12.6. The molecule has 26 heavy (non-hydrogen) atoms. The number of H-pyrrole nitrogens is 1. The number of aromatic nitrogens is 2. The number of halogens is 1. The fraction of sp³-hybridized carbons (Fsp3) is 0.0455. The molecule has 0 unspecified atom stereocenters. The molecule has 4 rings (SSSR count). The molecule has 0 radical (unpaired) electrons. The molecule has 1 N–H and O–H groups in total. The lowest BCUT2D eigenvalue weighted by Gasteiger charge is -2.12. The Kier molecular flexibility index (Phi) is 4.23. The van der Waals surface area contributed by atoms with Crippen molar-refractivity contribution in [3.05, 3.63) is 84.1 Å². The Morgan fingerprint density at radius 3 is 2.46 bits per heavy atom. The van der Waals surface area contributed by atoms with Crippen molar-refractivity contribution in [3.8, 4) is 22.4 Å². The molecule has 0 fully saturated rings. The lowest BCUT2D eigenvalue weighted by atomic mass is 10.0. The highest BCUT2D eigenvalue weighted by atomic mass is 35.5. The van der Waals surface area contributed by atoms with Crippen molar-refractivity contribution in [3.63, 3.8) is 0 Å². The second kappa shape index (κ2) is 6.70. The second-order valence-electron chi connectivity index (χ2n) is 6.18. The van der Waals surface area contributed by atoms with Gasteiger partial charge in [0.25, 0.3) is 0 Å². The summed E-state index contributed by atoms with van der Waals surface area (Å²) >= 11 is 6.17. The van der Waals surface area contributed by atoms with Gasteiger partial charge in [0.05, 0.1) is 5.52 Å². The van der Waals surface area contributed by atoms with Crippen LogP contribution >= 0.6 is 11.6 Å². The molecule has 4 heteroatoms. The molecule has 2 heterocycles. The molecule has 3 nitrogen and oxygen atoms in total. The van der Waals surface area contributed by atoms with Crippen LogP contribution in [0.4, 0.5) is 0 Å². The summed E-state index contributed by atoms with van der Waals surface area (Å²) in [5, 5.41) is 1.54. The van der Waals surface area contributed by atoms with Crippen LogP contribution in [0, 0.1) is 0 Å². The molecule has 2 aromatic rings. The highest BCUT2D eigenvalue weighted by molar-refractivity contribution is 6.31. The highest BCUT2D eigenvalue weighted by Gasteiger charge is 2.08. The number of rotatable bonds is 1. The number of carbonyl (C=O) groups is 1. The maximum absolute atomic E-state index is 12.3. The minimum atomic E-state index is -0.0659. The van der Waals surface area contributed by atoms with Crippen molar-refractivity contribution in [2.75, 3.05) is 0 Å². The molecule has 0 amide bonds. The number of carbonyl (C=O) groups excluding carboxylic acids is 1. The summed E-state index contributed by atoms with van der Waals surface area (Å²) in [7, 11) is 0. The minimum absolute atomic E-state index is 0.0659. The van der Waals surface area contributed by atoms with Crippen molar-refractivity contribution in [1.82, 2.24) is 9.55 Å². The average Bonchev–Trinajstić information content (AvgIpc) is 2.64. The average molecular weight is 361 g/mol. The van der Waals surface area contributed by atoms with E-state index < -0.39 is 0 Å². The van der Waals surface area contributed by atoms with Crippen LogP contribution in [-0.4, -0.2) is 15.5 Å². The lowest BCUT2D eigenvalue weighted by Crippen LogP contribution is -2.06. The van der Waals surface area contributed by atoms with Crippen LogP contribution in [0.15, 0.2) is 79.1 Å². The third-order valence-corrected chi connectivity index (χ3v) is 4.64. The Morgan fingerprint density at radius 2 is 1.69 bits per heavy atom. The van der Waals surface area contributed by atoms with Gasteiger partial charge in [0.2, 0.25) is 5.91 Å². The number of pyridine rings is 1. The summed E-state index contributed by atoms with van der Waals surface area (Å²) in [6, 6.07) is 21.8. The van der Waals surface area contributed by atoms with Crippen LogP contribution in [0.25, 0.3) is 33.3 Å². The van der Waals surface area contributed by atoms with E-state index in [0.717, 1.165) is 33.3 Å². The quantitative estimate of drug-likeness (QED) is 0.432.